The van der Waals surface area contributed by atoms with Gasteiger partial charge in [0.15, 0.2) is 5.16 Å². The van der Waals surface area contributed by atoms with Crippen molar-refractivity contribution in [2.45, 2.75) is 51.7 Å². The number of hydrogen-bond acceptors (Lipinski definition) is 5. The van der Waals surface area contributed by atoms with E-state index >= 15 is 0 Å². The van der Waals surface area contributed by atoms with Crippen LogP contribution in [0.3, 0.4) is 0 Å². The van der Waals surface area contributed by atoms with Gasteiger partial charge in [-0.2, -0.15) is 0 Å². The highest BCUT2D eigenvalue weighted by Crippen LogP contribution is 2.29. The molecule has 120 valence electrons. The molecule has 0 aliphatic heterocycles. The van der Waals surface area contributed by atoms with Crippen molar-refractivity contribution < 1.29 is 14.6 Å². The largest absolute Gasteiger partial charge is 0.481 e. The van der Waals surface area contributed by atoms with Crippen LogP contribution >= 0.6 is 11.8 Å². The van der Waals surface area contributed by atoms with Gasteiger partial charge in [0.2, 0.25) is 0 Å². The van der Waals surface area contributed by atoms with E-state index in [0.29, 0.717) is 24.3 Å². The van der Waals surface area contributed by atoms with Gasteiger partial charge in [0.25, 0.3) is 0 Å². The van der Waals surface area contributed by atoms with Crippen LogP contribution in [0.1, 0.15) is 52.4 Å². The number of hydrogen-bond donors (Lipinski definition) is 1. The summed E-state index contributed by atoms with van der Waals surface area (Å²) >= 11 is 1.21. The van der Waals surface area contributed by atoms with Gasteiger partial charge in [-0.25, -0.2) is 0 Å². The fourth-order valence-corrected chi connectivity index (χ4v) is 2.74. The molecule has 7 heteroatoms. The monoisotopic (exact) mass is 315 g/mol. The van der Waals surface area contributed by atoms with Crippen molar-refractivity contribution in [3.05, 3.63) is 5.82 Å². The Bertz CT molecular complexity index is 460. The van der Waals surface area contributed by atoms with Crippen LogP contribution in [0, 0.1) is 5.92 Å². The summed E-state index contributed by atoms with van der Waals surface area (Å²) in [6, 6.07) is 0.105. The average molecular weight is 315 g/mol. The normalized spacial score (nSPS) is 13.1. The molecule has 1 rings (SSSR count). The zero-order chi connectivity index (χ0) is 16.0. The molecule has 0 aliphatic rings. The minimum atomic E-state index is -0.855. The second-order valence-corrected chi connectivity index (χ2v) is 6.46. The summed E-state index contributed by atoms with van der Waals surface area (Å²) in [5.74, 6) is 0.567. The molecule has 21 heavy (non-hydrogen) atoms. The number of aromatic nitrogens is 3. The van der Waals surface area contributed by atoms with Crippen LogP contribution in [0.15, 0.2) is 5.16 Å². The van der Waals surface area contributed by atoms with Gasteiger partial charge < -0.3 is 14.4 Å². The Morgan fingerprint density at radius 2 is 2.00 bits per heavy atom. The number of carboxylic acid groups (broad SMARTS) is 1. The average Bonchev–Trinajstić information content (AvgIpc) is 2.80. The maximum absolute atomic E-state index is 10.8. The van der Waals surface area contributed by atoms with E-state index in [1.54, 1.807) is 0 Å². The van der Waals surface area contributed by atoms with Gasteiger partial charge in [-0.05, 0) is 12.8 Å². The number of ether oxygens (including phenoxy) is 1. The minimum Gasteiger partial charge on any atom is -0.481 e. The van der Waals surface area contributed by atoms with Gasteiger partial charge in [-0.3, -0.25) is 4.79 Å². The molecule has 0 aliphatic carbocycles. The molecule has 1 heterocycles. The van der Waals surface area contributed by atoms with Gasteiger partial charge in [-0.15, -0.1) is 10.2 Å². The molecular weight excluding hydrogens is 290 g/mol. The summed E-state index contributed by atoms with van der Waals surface area (Å²) < 4.78 is 7.65. The maximum Gasteiger partial charge on any atom is 0.313 e. The van der Waals surface area contributed by atoms with Crippen molar-refractivity contribution in [2.24, 2.45) is 5.92 Å². The number of rotatable bonds is 9. The Labute approximate surface area is 130 Å². The lowest BCUT2D eigenvalue weighted by Crippen LogP contribution is -2.24. The van der Waals surface area contributed by atoms with Crippen LogP contribution in [-0.4, -0.2) is 44.8 Å². The first-order chi connectivity index (χ1) is 9.88. The van der Waals surface area contributed by atoms with E-state index in [2.05, 4.69) is 42.5 Å². The van der Waals surface area contributed by atoms with Crippen molar-refractivity contribution in [1.29, 1.82) is 0 Å². The number of aliphatic carboxylic acids is 1. The van der Waals surface area contributed by atoms with E-state index < -0.39 is 5.97 Å². The van der Waals surface area contributed by atoms with E-state index in [-0.39, 0.29) is 17.7 Å². The van der Waals surface area contributed by atoms with Crippen LogP contribution in [0.4, 0.5) is 0 Å². The zero-order valence-electron chi connectivity index (χ0n) is 13.4. The molecule has 1 aromatic rings. The van der Waals surface area contributed by atoms with E-state index in [0.717, 1.165) is 5.82 Å². The quantitative estimate of drug-likeness (QED) is 0.706. The van der Waals surface area contributed by atoms with Gasteiger partial charge in [0.05, 0.1) is 18.4 Å². The summed E-state index contributed by atoms with van der Waals surface area (Å²) in [6.45, 7) is 11.6. The third-order valence-electron chi connectivity index (χ3n) is 3.13. The van der Waals surface area contributed by atoms with Gasteiger partial charge in [0.1, 0.15) is 5.82 Å². The first-order valence-corrected chi connectivity index (χ1v) is 8.24. The third kappa shape index (κ3) is 5.00. The SMILES string of the molecule is CCOCC(C(C)C)n1c(SCC(=O)O)nnc1C(C)C. The van der Waals surface area contributed by atoms with Crippen molar-refractivity contribution in [1.82, 2.24) is 14.8 Å². The summed E-state index contributed by atoms with van der Waals surface area (Å²) in [7, 11) is 0. The molecule has 0 radical (unpaired) electrons. The maximum atomic E-state index is 10.8. The molecule has 0 fully saturated rings. The zero-order valence-corrected chi connectivity index (χ0v) is 14.2. The van der Waals surface area contributed by atoms with Gasteiger partial charge in [-0.1, -0.05) is 39.5 Å². The smallest absolute Gasteiger partial charge is 0.313 e. The van der Waals surface area contributed by atoms with E-state index in [1.165, 1.54) is 11.8 Å². The lowest BCUT2D eigenvalue weighted by Gasteiger charge is -2.26. The first-order valence-electron chi connectivity index (χ1n) is 7.25. The molecule has 0 amide bonds. The Morgan fingerprint density at radius 3 is 2.48 bits per heavy atom. The summed E-state index contributed by atoms with van der Waals surface area (Å²) in [5, 5.41) is 17.9. The molecule has 1 N–H and O–H groups in total. The molecule has 0 saturated heterocycles. The lowest BCUT2D eigenvalue weighted by molar-refractivity contribution is -0.133. The lowest BCUT2D eigenvalue weighted by atomic mass is 10.0. The van der Waals surface area contributed by atoms with Crippen LogP contribution in [0.5, 0.6) is 0 Å². The number of carbonyl (C=O) groups is 1. The highest BCUT2D eigenvalue weighted by Gasteiger charge is 2.25. The van der Waals surface area contributed by atoms with Crippen molar-refractivity contribution >= 4 is 17.7 Å². The second kappa shape index (κ2) is 8.38. The van der Waals surface area contributed by atoms with Crippen molar-refractivity contribution in [3.63, 3.8) is 0 Å². The molecule has 1 atom stereocenters. The van der Waals surface area contributed by atoms with Crippen molar-refractivity contribution in [2.75, 3.05) is 19.0 Å². The Hall–Kier alpha value is -1.08. The molecular formula is C14H25N3O3S. The molecule has 1 unspecified atom stereocenters. The molecule has 1 aromatic heterocycles. The Kier molecular flexibility index (Phi) is 7.17. The predicted molar refractivity (Wildman–Crippen MR) is 82.8 cm³/mol. The topological polar surface area (TPSA) is 77.2 Å². The number of nitrogens with zero attached hydrogens (tertiary/aromatic N) is 3. The van der Waals surface area contributed by atoms with E-state index in [1.807, 2.05) is 6.92 Å². The fraction of sp³-hybridized carbons (Fsp3) is 0.786. The number of carboxylic acids is 1. The molecule has 0 bridgehead atoms. The molecule has 6 nitrogen and oxygen atoms in total. The standard InChI is InChI=1S/C14H25N3O3S/c1-6-20-7-11(9(2)3)17-13(10(4)5)15-16-14(17)21-8-12(18)19/h9-11H,6-8H2,1-5H3,(H,18,19). The van der Waals surface area contributed by atoms with Crippen LogP contribution < -0.4 is 0 Å². The minimum absolute atomic E-state index is 0.0182. The highest BCUT2D eigenvalue weighted by molar-refractivity contribution is 7.99. The van der Waals surface area contributed by atoms with Crippen LogP contribution in [0.25, 0.3) is 0 Å². The van der Waals surface area contributed by atoms with E-state index in [9.17, 15) is 4.79 Å². The fourth-order valence-electron chi connectivity index (χ4n) is 2.02. The Balaban J connectivity index is 3.12. The molecule has 0 spiro atoms. The second-order valence-electron chi connectivity index (χ2n) is 5.52. The highest BCUT2D eigenvalue weighted by atomic mass is 32.2. The summed E-state index contributed by atoms with van der Waals surface area (Å²) in [6.07, 6.45) is 0. The molecule has 0 saturated carbocycles. The molecule has 0 aromatic carbocycles. The van der Waals surface area contributed by atoms with E-state index in [4.69, 9.17) is 9.84 Å². The summed E-state index contributed by atoms with van der Waals surface area (Å²) in [4.78, 5) is 10.8. The van der Waals surface area contributed by atoms with Crippen LogP contribution in [0.2, 0.25) is 0 Å². The van der Waals surface area contributed by atoms with Gasteiger partial charge >= 0.3 is 5.97 Å². The van der Waals surface area contributed by atoms with Crippen molar-refractivity contribution in [3.8, 4) is 0 Å². The third-order valence-corrected chi connectivity index (χ3v) is 4.05. The van der Waals surface area contributed by atoms with Crippen LogP contribution in [-0.2, 0) is 9.53 Å². The predicted octanol–water partition coefficient (Wildman–Crippen LogP) is 2.81. The van der Waals surface area contributed by atoms with Gasteiger partial charge in [0, 0.05) is 12.5 Å². The number of thioether (sulfide) groups is 1. The Morgan fingerprint density at radius 1 is 1.33 bits per heavy atom. The summed E-state index contributed by atoms with van der Waals surface area (Å²) in [5.41, 5.74) is 0. The first kappa shape index (κ1) is 18.0.